The number of carboxylic acid groups (broad SMARTS) is 1. The van der Waals surface area contributed by atoms with Crippen LogP contribution in [-0.4, -0.2) is 11.1 Å². The first kappa shape index (κ1) is 11.5. The molecule has 0 spiro atoms. The Morgan fingerprint density at radius 3 is 2.71 bits per heavy atom. The molecule has 0 atom stereocenters. The summed E-state index contributed by atoms with van der Waals surface area (Å²) in [6.07, 6.45) is 0.0212. The Labute approximate surface area is 96.0 Å². The van der Waals surface area contributed by atoms with Crippen molar-refractivity contribution in [1.29, 1.82) is 0 Å². The van der Waals surface area contributed by atoms with Crippen LogP contribution in [0.25, 0.3) is 0 Å². The lowest BCUT2D eigenvalue weighted by Gasteiger charge is -2.10. The maximum absolute atomic E-state index is 10.6. The van der Waals surface area contributed by atoms with Gasteiger partial charge in [0, 0.05) is 10.4 Å². The zero-order chi connectivity index (χ0) is 10.7. The van der Waals surface area contributed by atoms with E-state index >= 15 is 0 Å². The van der Waals surface area contributed by atoms with E-state index in [1.807, 2.05) is 13.0 Å². The number of hydrogen-bond donors (Lipinski definition) is 1. The fourth-order valence-corrected chi connectivity index (χ4v) is 2.01. The summed E-state index contributed by atoms with van der Waals surface area (Å²) in [6, 6.07) is 3.64. The summed E-state index contributed by atoms with van der Waals surface area (Å²) in [5.41, 5.74) is 2.64. The molecule has 0 bridgehead atoms. The Morgan fingerprint density at radius 2 is 2.21 bits per heavy atom. The monoisotopic (exact) mass is 276 g/mol. The van der Waals surface area contributed by atoms with E-state index in [-0.39, 0.29) is 6.42 Å². The summed E-state index contributed by atoms with van der Waals surface area (Å²) in [5, 5.41) is 10.0. The molecule has 4 heteroatoms. The van der Waals surface area contributed by atoms with E-state index in [4.69, 9.17) is 16.7 Å². The van der Waals surface area contributed by atoms with Gasteiger partial charge < -0.3 is 5.11 Å². The number of halogens is 2. The van der Waals surface area contributed by atoms with Crippen molar-refractivity contribution in [2.24, 2.45) is 0 Å². The van der Waals surface area contributed by atoms with E-state index < -0.39 is 5.97 Å². The molecule has 0 aromatic heterocycles. The second-order valence-electron chi connectivity index (χ2n) is 3.01. The average molecular weight is 278 g/mol. The second-order valence-corrected chi connectivity index (χ2v) is 3.98. The van der Waals surface area contributed by atoms with Crippen molar-refractivity contribution in [2.45, 2.75) is 18.7 Å². The highest BCUT2D eigenvalue weighted by molar-refractivity contribution is 9.08. The molecule has 1 aromatic carbocycles. The maximum atomic E-state index is 10.6. The Hall–Kier alpha value is -0.540. The molecule has 0 saturated carbocycles. The Morgan fingerprint density at radius 1 is 1.57 bits per heavy atom. The fraction of sp³-hybridized carbons (Fsp3) is 0.300. The van der Waals surface area contributed by atoms with Crippen LogP contribution in [0.1, 0.15) is 16.7 Å². The second kappa shape index (κ2) is 4.80. The minimum atomic E-state index is -0.836. The van der Waals surface area contributed by atoms with Crippen LogP contribution in [0.4, 0.5) is 0 Å². The minimum Gasteiger partial charge on any atom is -0.481 e. The summed E-state index contributed by atoms with van der Waals surface area (Å²) in [6.45, 7) is 1.84. The highest BCUT2D eigenvalue weighted by atomic mass is 79.9. The lowest BCUT2D eigenvalue weighted by molar-refractivity contribution is -0.136. The van der Waals surface area contributed by atoms with Crippen molar-refractivity contribution in [3.8, 4) is 0 Å². The molecule has 0 fully saturated rings. The molecule has 0 aliphatic heterocycles. The third kappa shape index (κ3) is 2.49. The largest absolute Gasteiger partial charge is 0.481 e. The van der Waals surface area contributed by atoms with Crippen LogP contribution in [-0.2, 0) is 16.5 Å². The van der Waals surface area contributed by atoms with Crippen molar-refractivity contribution in [1.82, 2.24) is 0 Å². The van der Waals surface area contributed by atoms with Crippen LogP contribution in [0.3, 0.4) is 0 Å². The molecule has 0 saturated heterocycles. The van der Waals surface area contributed by atoms with Crippen LogP contribution < -0.4 is 0 Å². The van der Waals surface area contributed by atoms with Crippen molar-refractivity contribution in [3.63, 3.8) is 0 Å². The Kier molecular flexibility index (Phi) is 3.96. The smallest absolute Gasteiger partial charge is 0.307 e. The van der Waals surface area contributed by atoms with Crippen molar-refractivity contribution < 1.29 is 9.90 Å². The zero-order valence-electron chi connectivity index (χ0n) is 7.68. The van der Waals surface area contributed by atoms with Crippen LogP contribution in [0.2, 0.25) is 5.02 Å². The molecule has 76 valence electrons. The van der Waals surface area contributed by atoms with E-state index in [0.29, 0.717) is 10.4 Å². The number of alkyl halides is 1. The molecule has 0 heterocycles. The first-order valence-corrected chi connectivity index (χ1v) is 5.60. The highest BCUT2D eigenvalue weighted by Gasteiger charge is 2.11. The van der Waals surface area contributed by atoms with Gasteiger partial charge in [-0.3, -0.25) is 4.79 Å². The van der Waals surface area contributed by atoms with Gasteiger partial charge in [-0.2, -0.15) is 0 Å². The summed E-state index contributed by atoms with van der Waals surface area (Å²) in [5.74, 6) is -0.836. The summed E-state index contributed by atoms with van der Waals surface area (Å²) in [4.78, 5) is 10.6. The fourth-order valence-electron chi connectivity index (χ4n) is 1.31. The van der Waals surface area contributed by atoms with Gasteiger partial charge in [0.2, 0.25) is 0 Å². The molecule has 1 aromatic rings. The van der Waals surface area contributed by atoms with Crippen LogP contribution in [0, 0.1) is 6.92 Å². The molecule has 0 aliphatic rings. The first-order valence-electron chi connectivity index (χ1n) is 4.11. The average Bonchev–Trinajstić information content (AvgIpc) is 2.13. The van der Waals surface area contributed by atoms with Gasteiger partial charge in [-0.25, -0.2) is 0 Å². The maximum Gasteiger partial charge on any atom is 0.307 e. The molecular weight excluding hydrogens is 267 g/mol. The van der Waals surface area contributed by atoms with Gasteiger partial charge in [0.15, 0.2) is 0 Å². The molecule has 14 heavy (non-hydrogen) atoms. The molecule has 0 aliphatic carbocycles. The Bertz CT molecular complexity index is 363. The number of carboxylic acids is 1. The first-order chi connectivity index (χ1) is 6.56. The summed E-state index contributed by atoms with van der Waals surface area (Å²) >= 11 is 9.24. The van der Waals surface area contributed by atoms with E-state index in [1.165, 1.54) is 0 Å². The number of carbonyl (C=O) groups is 1. The lowest BCUT2D eigenvalue weighted by Crippen LogP contribution is -2.05. The molecule has 2 nitrogen and oxygen atoms in total. The van der Waals surface area contributed by atoms with Crippen molar-refractivity contribution >= 4 is 33.5 Å². The molecule has 0 unspecified atom stereocenters. The molecule has 1 rings (SSSR count). The standard InChI is InChI=1S/C10H10BrClO2/c1-6-8(4-10(13)14)7(5-11)2-3-9(6)12/h2-3H,4-5H2,1H3,(H,13,14). The van der Waals surface area contributed by atoms with E-state index in [1.54, 1.807) is 6.07 Å². The van der Waals surface area contributed by atoms with Crippen LogP contribution in [0.5, 0.6) is 0 Å². The third-order valence-electron chi connectivity index (χ3n) is 2.10. The number of rotatable bonds is 3. The molecular formula is C10H10BrClO2. The van der Waals surface area contributed by atoms with Gasteiger partial charge in [0.1, 0.15) is 0 Å². The highest BCUT2D eigenvalue weighted by Crippen LogP contribution is 2.24. The Balaban J connectivity index is 3.20. The zero-order valence-corrected chi connectivity index (χ0v) is 10.0. The van der Waals surface area contributed by atoms with Crippen LogP contribution in [0.15, 0.2) is 12.1 Å². The minimum absolute atomic E-state index is 0.0212. The topological polar surface area (TPSA) is 37.3 Å². The van der Waals surface area contributed by atoms with Crippen molar-refractivity contribution in [2.75, 3.05) is 0 Å². The van der Waals surface area contributed by atoms with Gasteiger partial charge in [-0.15, -0.1) is 0 Å². The SMILES string of the molecule is Cc1c(Cl)ccc(CBr)c1CC(=O)O. The van der Waals surface area contributed by atoms with Crippen LogP contribution >= 0.6 is 27.5 Å². The molecule has 0 radical (unpaired) electrons. The summed E-state index contributed by atoms with van der Waals surface area (Å²) < 4.78 is 0. The predicted octanol–water partition coefficient (Wildman–Crippen LogP) is 3.17. The number of hydrogen-bond acceptors (Lipinski definition) is 1. The van der Waals surface area contributed by atoms with Gasteiger partial charge in [0.05, 0.1) is 6.42 Å². The van der Waals surface area contributed by atoms with Gasteiger partial charge >= 0.3 is 5.97 Å². The van der Waals surface area contributed by atoms with Gasteiger partial charge in [-0.1, -0.05) is 33.6 Å². The van der Waals surface area contributed by atoms with E-state index in [9.17, 15) is 4.79 Å². The quantitative estimate of drug-likeness (QED) is 0.862. The normalized spacial score (nSPS) is 10.2. The molecule has 1 N–H and O–H groups in total. The number of aliphatic carboxylic acids is 1. The predicted molar refractivity (Wildman–Crippen MR) is 60.2 cm³/mol. The van der Waals surface area contributed by atoms with E-state index in [0.717, 1.165) is 16.7 Å². The number of benzene rings is 1. The lowest BCUT2D eigenvalue weighted by atomic mass is 10.0. The van der Waals surface area contributed by atoms with Crippen molar-refractivity contribution in [3.05, 3.63) is 33.8 Å². The van der Waals surface area contributed by atoms with Gasteiger partial charge in [0.25, 0.3) is 0 Å². The molecule has 0 amide bonds. The van der Waals surface area contributed by atoms with Gasteiger partial charge in [-0.05, 0) is 29.7 Å². The van der Waals surface area contributed by atoms with E-state index in [2.05, 4.69) is 15.9 Å². The summed E-state index contributed by atoms with van der Waals surface area (Å²) in [7, 11) is 0. The third-order valence-corrected chi connectivity index (χ3v) is 3.11.